The average molecular weight is 539 g/mol. The van der Waals surface area contributed by atoms with Crippen molar-refractivity contribution < 1.29 is 14.3 Å². The number of carbonyl (C=O) groups is 1. The van der Waals surface area contributed by atoms with E-state index in [-0.39, 0.29) is 23.8 Å². The molecule has 0 bridgehead atoms. The summed E-state index contributed by atoms with van der Waals surface area (Å²) in [6.45, 7) is 5.97. The number of rotatable bonds is 6. The Kier molecular flexibility index (Phi) is 6.51. The molecule has 4 heterocycles. The fourth-order valence-corrected chi connectivity index (χ4v) is 4.88. The van der Waals surface area contributed by atoms with E-state index in [4.69, 9.17) is 37.7 Å². The van der Waals surface area contributed by atoms with E-state index < -0.39 is 6.04 Å². The van der Waals surface area contributed by atoms with Gasteiger partial charge in [0, 0.05) is 29.1 Å². The van der Waals surface area contributed by atoms with Gasteiger partial charge in [-0.25, -0.2) is 9.97 Å². The molecule has 190 valence electrons. The Morgan fingerprint density at radius 1 is 0.973 bits per heavy atom. The fraction of sp³-hybridized carbons (Fsp3) is 0.269. The molecule has 1 aliphatic rings. The van der Waals surface area contributed by atoms with Crippen molar-refractivity contribution in [3.05, 3.63) is 75.4 Å². The molecule has 3 aromatic heterocycles. The summed E-state index contributed by atoms with van der Waals surface area (Å²) in [6.07, 6.45) is 3.15. The maximum Gasteiger partial charge on any atom is 0.319 e. The van der Waals surface area contributed by atoms with Gasteiger partial charge in [0.05, 0.1) is 36.2 Å². The molecule has 1 atom stereocenters. The van der Waals surface area contributed by atoms with E-state index in [1.807, 2.05) is 37.5 Å². The molecular formula is C26H24Cl2N6O3. The van der Waals surface area contributed by atoms with E-state index >= 15 is 0 Å². The summed E-state index contributed by atoms with van der Waals surface area (Å²) in [5.74, 6) is 0.527. The molecule has 1 aliphatic heterocycles. The molecule has 1 amide bonds. The maximum atomic E-state index is 14.1. The zero-order valence-corrected chi connectivity index (χ0v) is 22.4. The number of benzene rings is 1. The number of nitrogens with zero attached hydrogens (tertiary/aromatic N) is 6. The van der Waals surface area contributed by atoms with Gasteiger partial charge in [0.2, 0.25) is 5.88 Å². The van der Waals surface area contributed by atoms with Crippen LogP contribution in [0.4, 0.5) is 5.69 Å². The van der Waals surface area contributed by atoms with Crippen LogP contribution in [0.1, 0.15) is 53.4 Å². The number of imidazole rings is 1. The van der Waals surface area contributed by atoms with E-state index in [1.165, 1.54) is 14.2 Å². The molecule has 37 heavy (non-hydrogen) atoms. The minimum Gasteiger partial charge on any atom is -0.480 e. The van der Waals surface area contributed by atoms with Crippen molar-refractivity contribution in [1.82, 2.24) is 24.5 Å². The Morgan fingerprint density at radius 3 is 2.38 bits per heavy atom. The largest absolute Gasteiger partial charge is 0.480 e. The van der Waals surface area contributed by atoms with Crippen molar-refractivity contribution in [3.8, 4) is 23.3 Å². The van der Waals surface area contributed by atoms with Crippen molar-refractivity contribution in [2.75, 3.05) is 19.1 Å². The second-order valence-electron chi connectivity index (χ2n) is 8.82. The number of anilines is 1. The standard InChI is InChI=1S/C26H24Cl2N6O3/c1-13(2)33-22-20(31-23(33)17-12-30-26(37-5)32-24(17)36-4)25(35)34(19-10-15(27)7-6-14(19)3)21(22)18-9-8-16(28)11-29-18/h6-13,21H,1-5H3. The van der Waals surface area contributed by atoms with E-state index in [1.54, 1.807) is 35.5 Å². The lowest BCUT2D eigenvalue weighted by Gasteiger charge is -2.29. The molecule has 0 N–H and O–H groups in total. The number of ether oxygens (including phenoxy) is 2. The first-order chi connectivity index (χ1) is 17.7. The van der Waals surface area contributed by atoms with Gasteiger partial charge in [0.15, 0.2) is 5.69 Å². The third-order valence-corrected chi connectivity index (χ3v) is 6.67. The van der Waals surface area contributed by atoms with Crippen LogP contribution in [0.15, 0.2) is 42.7 Å². The highest BCUT2D eigenvalue weighted by molar-refractivity contribution is 6.31. The summed E-state index contributed by atoms with van der Waals surface area (Å²) in [7, 11) is 2.99. The number of methoxy groups -OCH3 is 2. The first-order valence-electron chi connectivity index (χ1n) is 11.5. The first kappa shape index (κ1) is 25.0. The highest BCUT2D eigenvalue weighted by atomic mass is 35.5. The number of halogens is 2. The van der Waals surface area contributed by atoms with Crippen molar-refractivity contribution >= 4 is 34.8 Å². The molecule has 0 saturated carbocycles. The minimum absolute atomic E-state index is 0.0823. The molecule has 0 saturated heterocycles. The van der Waals surface area contributed by atoms with Gasteiger partial charge in [-0.1, -0.05) is 29.3 Å². The van der Waals surface area contributed by atoms with Gasteiger partial charge < -0.3 is 14.0 Å². The lowest BCUT2D eigenvalue weighted by atomic mass is 10.1. The molecule has 11 heteroatoms. The van der Waals surface area contributed by atoms with Gasteiger partial charge in [-0.3, -0.25) is 14.7 Å². The van der Waals surface area contributed by atoms with Crippen molar-refractivity contribution in [1.29, 1.82) is 0 Å². The van der Waals surface area contributed by atoms with Gasteiger partial charge in [-0.05, 0) is 50.6 Å². The smallest absolute Gasteiger partial charge is 0.319 e. The normalized spacial score (nSPS) is 14.9. The molecule has 1 aromatic carbocycles. The van der Waals surface area contributed by atoms with Gasteiger partial charge in [0.25, 0.3) is 5.91 Å². The van der Waals surface area contributed by atoms with Gasteiger partial charge in [0.1, 0.15) is 11.9 Å². The van der Waals surface area contributed by atoms with Crippen LogP contribution >= 0.6 is 23.2 Å². The van der Waals surface area contributed by atoms with Crippen LogP contribution in [0.25, 0.3) is 11.4 Å². The zero-order chi connectivity index (χ0) is 26.4. The molecule has 4 aromatic rings. The molecule has 0 spiro atoms. The van der Waals surface area contributed by atoms with Crippen molar-refractivity contribution in [2.45, 2.75) is 32.9 Å². The number of hydrogen-bond acceptors (Lipinski definition) is 7. The predicted molar refractivity (Wildman–Crippen MR) is 141 cm³/mol. The summed E-state index contributed by atoms with van der Waals surface area (Å²) in [6, 6.07) is 8.54. The molecule has 0 fully saturated rings. The maximum absolute atomic E-state index is 14.1. The van der Waals surface area contributed by atoms with Gasteiger partial charge >= 0.3 is 6.01 Å². The van der Waals surface area contributed by atoms with E-state index in [2.05, 4.69) is 15.0 Å². The Morgan fingerprint density at radius 2 is 1.73 bits per heavy atom. The molecule has 9 nitrogen and oxygen atoms in total. The van der Waals surface area contributed by atoms with Crippen molar-refractivity contribution in [3.63, 3.8) is 0 Å². The molecule has 1 unspecified atom stereocenters. The minimum atomic E-state index is -0.578. The molecular weight excluding hydrogens is 515 g/mol. The SMILES string of the molecule is COc1ncc(-c2nc3c(n2C(C)C)C(c2ccc(Cl)cn2)N(c2cc(Cl)ccc2C)C3=O)c(OC)n1. The van der Waals surface area contributed by atoms with E-state index in [0.29, 0.717) is 44.2 Å². The quantitative estimate of drug-likeness (QED) is 0.310. The molecule has 0 radical (unpaired) electrons. The number of amides is 1. The Bertz CT molecular complexity index is 1500. The lowest BCUT2D eigenvalue weighted by Crippen LogP contribution is -2.31. The summed E-state index contributed by atoms with van der Waals surface area (Å²) in [4.78, 5) is 33.7. The van der Waals surface area contributed by atoms with Crippen LogP contribution in [-0.4, -0.2) is 44.6 Å². The van der Waals surface area contributed by atoms with Crippen LogP contribution in [0.5, 0.6) is 11.9 Å². The van der Waals surface area contributed by atoms with Gasteiger partial charge in [-0.15, -0.1) is 0 Å². The lowest BCUT2D eigenvalue weighted by molar-refractivity contribution is 0.0989. The number of hydrogen-bond donors (Lipinski definition) is 0. The summed E-state index contributed by atoms with van der Waals surface area (Å²) in [5.41, 5.74) is 3.75. The third kappa shape index (κ3) is 4.18. The van der Waals surface area contributed by atoms with Crippen LogP contribution in [0.2, 0.25) is 10.0 Å². The topological polar surface area (TPSA) is 95.3 Å². The number of aromatic nitrogens is 5. The van der Waals surface area contributed by atoms with E-state index in [0.717, 1.165) is 5.56 Å². The van der Waals surface area contributed by atoms with Gasteiger partial charge in [-0.2, -0.15) is 4.98 Å². The highest BCUT2D eigenvalue weighted by Gasteiger charge is 2.46. The molecule has 5 rings (SSSR count). The summed E-state index contributed by atoms with van der Waals surface area (Å²) < 4.78 is 12.7. The second-order valence-corrected chi connectivity index (χ2v) is 9.70. The van der Waals surface area contributed by atoms with Crippen LogP contribution in [0.3, 0.4) is 0 Å². The Balaban J connectivity index is 1.79. The Hall–Kier alpha value is -3.69. The van der Waals surface area contributed by atoms with Crippen molar-refractivity contribution in [2.24, 2.45) is 0 Å². The first-order valence-corrected chi connectivity index (χ1v) is 12.3. The number of aryl methyl sites for hydroxylation is 1. The van der Waals surface area contributed by atoms with Crippen LogP contribution in [-0.2, 0) is 0 Å². The van der Waals surface area contributed by atoms with E-state index in [9.17, 15) is 4.79 Å². The summed E-state index contributed by atoms with van der Waals surface area (Å²) >= 11 is 12.5. The predicted octanol–water partition coefficient (Wildman–Crippen LogP) is 5.70. The Labute approximate surface area is 224 Å². The number of fused-ring (bicyclic) bond motifs is 1. The number of pyridine rings is 1. The molecule has 0 aliphatic carbocycles. The number of carbonyl (C=O) groups excluding carboxylic acids is 1. The fourth-order valence-electron chi connectivity index (χ4n) is 4.60. The summed E-state index contributed by atoms with van der Waals surface area (Å²) in [5, 5.41) is 1.02. The van der Waals surface area contributed by atoms with Crippen LogP contribution in [0, 0.1) is 6.92 Å². The second kappa shape index (κ2) is 9.64. The zero-order valence-electron chi connectivity index (χ0n) is 20.9. The average Bonchev–Trinajstić information content (AvgIpc) is 3.40. The monoisotopic (exact) mass is 538 g/mol. The third-order valence-electron chi connectivity index (χ3n) is 6.21. The highest BCUT2D eigenvalue weighted by Crippen LogP contribution is 2.46. The van der Waals surface area contributed by atoms with Crippen LogP contribution < -0.4 is 14.4 Å².